The van der Waals surface area contributed by atoms with Crippen LogP contribution < -0.4 is 19.6 Å². The van der Waals surface area contributed by atoms with Crippen molar-refractivity contribution in [1.82, 2.24) is 5.43 Å². The highest BCUT2D eigenvalue weighted by Crippen LogP contribution is 2.31. The molecule has 0 spiro atoms. The maximum atomic E-state index is 12.0. The minimum Gasteiger partial charge on any atom is -0.481 e. The van der Waals surface area contributed by atoms with Crippen LogP contribution in [0.15, 0.2) is 47.6 Å². The molecule has 0 radical (unpaired) electrons. The minimum absolute atomic E-state index is 0.215. The zero-order valence-electron chi connectivity index (χ0n) is 12.9. The maximum absolute atomic E-state index is 12.0. The second-order valence-electron chi connectivity index (χ2n) is 5.06. The first-order valence-corrected chi connectivity index (χ1v) is 7.64. The smallest absolute Gasteiger partial charge is 0.280 e. The number of hydrazone groups is 1. The quantitative estimate of drug-likeness (QED) is 0.667. The number of ether oxygens (including phenoxy) is 3. The van der Waals surface area contributed by atoms with Crippen molar-refractivity contribution in [3.05, 3.63) is 53.1 Å². The lowest BCUT2D eigenvalue weighted by Gasteiger charge is -2.12. The summed E-state index contributed by atoms with van der Waals surface area (Å²) < 4.78 is 16.0. The van der Waals surface area contributed by atoms with Gasteiger partial charge in [0, 0.05) is 5.02 Å². The first kappa shape index (κ1) is 16.1. The van der Waals surface area contributed by atoms with Crippen LogP contribution in [0.4, 0.5) is 0 Å². The number of hydrogen-bond acceptors (Lipinski definition) is 5. The summed E-state index contributed by atoms with van der Waals surface area (Å²) in [4.78, 5) is 12.0. The number of fused-ring (bicyclic) bond motifs is 1. The molecule has 0 unspecified atom stereocenters. The van der Waals surface area contributed by atoms with Crippen molar-refractivity contribution < 1.29 is 19.0 Å². The molecule has 0 fully saturated rings. The molecule has 1 N–H and O–H groups in total. The Morgan fingerprint density at radius 1 is 1.25 bits per heavy atom. The number of carbonyl (C=O) groups excluding carboxylic acids is 1. The third-order valence-electron chi connectivity index (χ3n) is 3.28. The predicted molar refractivity (Wildman–Crippen MR) is 89.8 cm³/mol. The van der Waals surface area contributed by atoms with Crippen LogP contribution in [-0.4, -0.2) is 25.0 Å². The number of hydrogen-bond donors (Lipinski definition) is 1. The lowest BCUT2D eigenvalue weighted by atomic mass is 10.2. The number of benzene rings is 2. The Morgan fingerprint density at radius 3 is 2.79 bits per heavy atom. The zero-order valence-corrected chi connectivity index (χ0v) is 13.6. The highest BCUT2D eigenvalue weighted by atomic mass is 35.5. The summed E-state index contributed by atoms with van der Waals surface area (Å²) in [7, 11) is 0. The molecule has 0 saturated heterocycles. The molecule has 3 rings (SSSR count). The van der Waals surface area contributed by atoms with Gasteiger partial charge in [0.1, 0.15) is 5.75 Å². The number of rotatable bonds is 5. The largest absolute Gasteiger partial charge is 0.481 e. The van der Waals surface area contributed by atoms with E-state index in [2.05, 4.69) is 10.5 Å². The van der Waals surface area contributed by atoms with Gasteiger partial charge in [-0.25, -0.2) is 5.43 Å². The zero-order chi connectivity index (χ0) is 16.9. The lowest BCUT2D eigenvalue weighted by Crippen LogP contribution is -2.33. The Balaban J connectivity index is 1.53. The van der Waals surface area contributed by atoms with Gasteiger partial charge >= 0.3 is 0 Å². The van der Waals surface area contributed by atoms with Gasteiger partial charge in [-0.15, -0.1) is 0 Å². The van der Waals surface area contributed by atoms with E-state index in [9.17, 15) is 4.79 Å². The van der Waals surface area contributed by atoms with Crippen LogP contribution >= 0.6 is 11.6 Å². The van der Waals surface area contributed by atoms with E-state index in [1.165, 1.54) is 6.21 Å². The summed E-state index contributed by atoms with van der Waals surface area (Å²) in [5.41, 5.74) is 3.22. The van der Waals surface area contributed by atoms with Crippen molar-refractivity contribution in [2.24, 2.45) is 5.10 Å². The minimum atomic E-state index is -0.694. The Bertz CT molecular complexity index is 762. The predicted octanol–water partition coefficient (Wildman–Crippen LogP) is 2.99. The first-order chi connectivity index (χ1) is 11.6. The molecule has 0 aliphatic carbocycles. The fraction of sp³-hybridized carbons (Fsp3) is 0.176. The molecular formula is C17H15ClN2O4. The summed E-state index contributed by atoms with van der Waals surface area (Å²) in [5.74, 6) is 1.55. The lowest BCUT2D eigenvalue weighted by molar-refractivity contribution is -0.127. The van der Waals surface area contributed by atoms with Crippen LogP contribution in [0.5, 0.6) is 17.2 Å². The van der Waals surface area contributed by atoms with Crippen LogP contribution in [0.25, 0.3) is 0 Å². The Hall–Kier alpha value is -2.73. The van der Waals surface area contributed by atoms with Crippen molar-refractivity contribution in [1.29, 1.82) is 0 Å². The van der Waals surface area contributed by atoms with E-state index in [0.29, 0.717) is 22.3 Å². The summed E-state index contributed by atoms with van der Waals surface area (Å²) >= 11 is 5.80. The SMILES string of the molecule is C[C@@H](Oc1ccc(Cl)cc1)C(=O)N/N=C\c1ccc2c(c1)OCO2. The molecule has 2 aromatic carbocycles. The number of amides is 1. The summed E-state index contributed by atoms with van der Waals surface area (Å²) in [6.45, 7) is 1.85. The van der Waals surface area contributed by atoms with Crippen molar-refractivity contribution in [2.75, 3.05) is 6.79 Å². The van der Waals surface area contributed by atoms with Gasteiger partial charge in [0.25, 0.3) is 5.91 Å². The number of nitrogens with one attached hydrogen (secondary N) is 1. The van der Waals surface area contributed by atoms with Gasteiger partial charge in [-0.2, -0.15) is 5.10 Å². The average molecular weight is 347 g/mol. The van der Waals surface area contributed by atoms with E-state index in [-0.39, 0.29) is 12.7 Å². The first-order valence-electron chi connectivity index (χ1n) is 7.26. The van der Waals surface area contributed by atoms with Crippen molar-refractivity contribution in [2.45, 2.75) is 13.0 Å². The summed E-state index contributed by atoms with van der Waals surface area (Å²) in [6, 6.07) is 12.2. The molecule has 1 atom stereocenters. The van der Waals surface area contributed by atoms with Gasteiger partial charge < -0.3 is 14.2 Å². The van der Waals surface area contributed by atoms with Crippen LogP contribution in [0, 0.1) is 0 Å². The Kier molecular flexibility index (Phi) is 4.86. The molecule has 0 aromatic heterocycles. The van der Waals surface area contributed by atoms with Crippen LogP contribution in [-0.2, 0) is 4.79 Å². The normalized spacial score (nSPS) is 13.8. The van der Waals surface area contributed by atoms with Gasteiger partial charge in [0.15, 0.2) is 17.6 Å². The fourth-order valence-electron chi connectivity index (χ4n) is 2.03. The molecule has 124 valence electrons. The third-order valence-corrected chi connectivity index (χ3v) is 3.53. The molecular weight excluding hydrogens is 332 g/mol. The van der Waals surface area contributed by atoms with Crippen molar-refractivity contribution in [3.63, 3.8) is 0 Å². The van der Waals surface area contributed by atoms with E-state index < -0.39 is 6.10 Å². The molecule has 6 nitrogen and oxygen atoms in total. The fourth-order valence-corrected chi connectivity index (χ4v) is 2.15. The van der Waals surface area contributed by atoms with Crippen LogP contribution in [0.1, 0.15) is 12.5 Å². The topological polar surface area (TPSA) is 69.2 Å². The molecule has 7 heteroatoms. The van der Waals surface area contributed by atoms with Gasteiger partial charge in [0.05, 0.1) is 6.21 Å². The van der Waals surface area contributed by atoms with E-state index in [1.807, 2.05) is 6.07 Å². The molecule has 1 aliphatic rings. The molecule has 1 heterocycles. The highest BCUT2D eigenvalue weighted by molar-refractivity contribution is 6.30. The van der Waals surface area contributed by atoms with E-state index in [4.69, 9.17) is 25.8 Å². The van der Waals surface area contributed by atoms with Gasteiger partial charge in [-0.1, -0.05) is 11.6 Å². The van der Waals surface area contributed by atoms with Crippen molar-refractivity contribution >= 4 is 23.7 Å². The van der Waals surface area contributed by atoms with Gasteiger partial charge in [-0.3, -0.25) is 4.79 Å². The average Bonchev–Trinajstić information content (AvgIpc) is 3.04. The second-order valence-corrected chi connectivity index (χ2v) is 5.50. The number of carbonyl (C=O) groups is 1. The third kappa shape index (κ3) is 3.97. The number of halogens is 1. The highest BCUT2D eigenvalue weighted by Gasteiger charge is 2.14. The van der Waals surface area contributed by atoms with Crippen LogP contribution in [0.2, 0.25) is 5.02 Å². The molecule has 2 aromatic rings. The molecule has 1 aliphatic heterocycles. The Morgan fingerprint density at radius 2 is 2.00 bits per heavy atom. The van der Waals surface area contributed by atoms with E-state index >= 15 is 0 Å². The maximum Gasteiger partial charge on any atom is 0.280 e. The summed E-state index contributed by atoms with van der Waals surface area (Å²) in [5, 5.41) is 4.53. The number of nitrogens with zero attached hydrogens (tertiary/aromatic N) is 1. The van der Waals surface area contributed by atoms with E-state index in [1.54, 1.807) is 43.3 Å². The Labute approximate surface area is 144 Å². The summed E-state index contributed by atoms with van der Waals surface area (Å²) in [6.07, 6.45) is 0.828. The standard InChI is InChI=1S/C17H15ClN2O4/c1-11(24-14-5-3-13(18)4-6-14)17(21)20-19-9-12-2-7-15-16(8-12)23-10-22-15/h2-9,11H,10H2,1H3,(H,20,21)/b19-9-/t11-/m1/s1. The monoisotopic (exact) mass is 346 g/mol. The van der Waals surface area contributed by atoms with Gasteiger partial charge in [-0.05, 0) is 55.0 Å². The molecule has 1 amide bonds. The molecule has 0 bridgehead atoms. The van der Waals surface area contributed by atoms with E-state index in [0.717, 1.165) is 5.56 Å². The molecule has 24 heavy (non-hydrogen) atoms. The second kappa shape index (κ2) is 7.23. The van der Waals surface area contributed by atoms with Crippen LogP contribution in [0.3, 0.4) is 0 Å². The van der Waals surface area contributed by atoms with Crippen molar-refractivity contribution in [3.8, 4) is 17.2 Å². The molecule has 0 saturated carbocycles. The van der Waals surface area contributed by atoms with Gasteiger partial charge in [0.2, 0.25) is 6.79 Å².